The summed E-state index contributed by atoms with van der Waals surface area (Å²) in [5.41, 5.74) is 0.889. The van der Waals surface area contributed by atoms with Crippen LogP contribution in [0.15, 0.2) is 12.1 Å². The average Bonchev–Trinajstić information content (AvgIpc) is 2.57. The van der Waals surface area contributed by atoms with Crippen molar-refractivity contribution in [2.45, 2.75) is 25.8 Å². The Balaban J connectivity index is 2.09. The van der Waals surface area contributed by atoms with E-state index in [1.54, 1.807) is 6.07 Å². The predicted molar refractivity (Wildman–Crippen MR) is 93.2 cm³/mol. The van der Waals surface area contributed by atoms with Gasteiger partial charge in [0, 0.05) is 19.1 Å². The van der Waals surface area contributed by atoms with E-state index in [1.165, 1.54) is 18.1 Å². The standard InChI is InChI=1S/C16H20Cl2N2O4/c1-9(10-3-5-20(6-4-10)16(22)23)19-13-8-11(15(21)24-2)7-12(17)14(13)18/h7-10,19H,3-6H2,1-2H3,(H,22,23)/t9-/m0/s1. The van der Waals surface area contributed by atoms with E-state index in [2.05, 4.69) is 5.32 Å². The maximum atomic E-state index is 11.7. The van der Waals surface area contributed by atoms with Crippen LogP contribution in [0.4, 0.5) is 10.5 Å². The lowest BCUT2D eigenvalue weighted by Crippen LogP contribution is -2.41. The highest BCUT2D eigenvalue weighted by Gasteiger charge is 2.26. The Morgan fingerprint density at radius 1 is 1.33 bits per heavy atom. The molecule has 8 heteroatoms. The molecule has 0 aromatic heterocycles. The van der Waals surface area contributed by atoms with E-state index in [1.807, 2.05) is 6.92 Å². The molecule has 6 nitrogen and oxygen atoms in total. The fourth-order valence-corrected chi connectivity index (χ4v) is 3.27. The molecule has 1 atom stereocenters. The summed E-state index contributed by atoms with van der Waals surface area (Å²) in [6.45, 7) is 3.04. The summed E-state index contributed by atoms with van der Waals surface area (Å²) in [4.78, 5) is 24.1. The maximum Gasteiger partial charge on any atom is 0.407 e. The molecule has 1 fully saturated rings. The number of carboxylic acid groups (broad SMARTS) is 1. The minimum Gasteiger partial charge on any atom is -0.465 e. The summed E-state index contributed by atoms with van der Waals surface area (Å²) in [6.07, 6.45) is 0.653. The van der Waals surface area contributed by atoms with Gasteiger partial charge in [-0.25, -0.2) is 9.59 Å². The van der Waals surface area contributed by atoms with Crippen molar-refractivity contribution in [1.29, 1.82) is 0 Å². The van der Waals surface area contributed by atoms with Crippen molar-refractivity contribution < 1.29 is 19.4 Å². The number of nitrogens with zero attached hydrogens (tertiary/aromatic N) is 1. The molecule has 1 amide bonds. The number of hydrogen-bond donors (Lipinski definition) is 2. The van der Waals surface area contributed by atoms with E-state index in [0.29, 0.717) is 35.3 Å². The molecule has 0 bridgehead atoms. The molecule has 2 N–H and O–H groups in total. The van der Waals surface area contributed by atoms with Gasteiger partial charge in [-0.1, -0.05) is 23.2 Å². The summed E-state index contributed by atoms with van der Waals surface area (Å²) < 4.78 is 4.71. The lowest BCUT2D eigenvalue weighted by molar-refractivity contribution is 0.0600. The second kappa shape index (κ2) is 7.94. The minimum absolute atomic E-state index is 0.0578. The van der Waals surface area contributed by atoms with Crippen LogP contribution < -0.4 is 5.32 Å². The van der Waals surface area contributed by atoms with Crippen LogP contribution in [0.2, 0.25) is 10.0 Å². The van der Waals surface area contributed by atoms with Gasteiger partial charge in [0.15, 0.2) is 0 Å². The van der Waals surface area contributed by atoms with E-state index in [9.17, 15) is 9.59 Å². The Hall–Kier alpha value is -1.66. The van der Waals surface area contributed by atoms with Crippen molar-refractivity contribution in [2.24, 2.45) is 5.92 Å². The van der Waals surface area contributed by atoms with Gasteiger partial charge in [0.2, 0.25) is 0 Å². The Labute approximate surface area is 150 Å². The van der Waals surface area contributed by atoms with Crippen molar-refractivity contribution in [3.05, 3.63) is 27.7 Å². The van der Waals surface area contributed by atoms with E-state index < -0.39 is 12.1 Å². The van der Waals surface area contributed by atoms with Crippen LogP contribution in [0.25, 0.3) is 0 Å². The molecule has 1 heterocycles. The molecule has 0 unspecified atom stereocenters. The van der Waals surface area contributed by atoms with Crippen molar-refractivity contribution in [3.63, 3.8) is 0 Å². The van der Waals surface area contributed by atoms with Gasteiger partial charge >= 0.3 is 12.1 Å². The normalized spacial score (nSPS) is 16.6. The predicted octanol–water partition coefficient (Wildman–Crippen LogP) is 3.97. The molecule has 1 aliphatic heterocycles. The zero-order valence-electron chi connectivity index (χ0n) is 13.5. The number of hydrogen-bond acceptors (Lipinski definition) is 4. The van der Waals surface area contributed by atoms with Gasteiger partial charge in [0.25, 0.3) is 0 Å². The molecule has 0 aliphatic carbocycles. The molecule has 24 heavy (non-hydrogen) atoms. The number of nitrogens with one attached hydrogen (secondary N) is 1. The van der Waals surface area contributed by atoms with Gasteiger partial charge in [0.1, 0.15) is 0 Å². The maximum absolute atomic E-state index is 11.7. The number of methoxy groups -OCH3 is 1. The van der Waals surface area contributed by atoms with E-state index in [0.717, 1.165) is 12.8 Å². The highest BCUT2D eigenvalue weighted by Crippen LogP contribution is 2.34. The van der Waals surface area contributed by atoms with Crippen molar-refractivity contribution in [2.75, 3.05) is 25.5 Å². The fraction of sp³-hybridized carbons (Fsp3) is 0.500. The van der Waals surface area contributed by atoms with Crippen LogP contribution in [-0.4, -0.2) is 48.3 Å². The van der Waals surface area contributed by atoms with Crippen LogP contribution in [0, 0.1) is 5.92 Å². The van der Waals surface area contributed by atoms with Crippen LogP contribution in [-0.2, 0) is 4.74 Å². The van der Waals surface area contributed by atoms with Crippen LogP contribution in [0.1, 0.15) is 30.1 Å². The topological polar surface area (TPSA) is 78.9 Å². The number of halogens is 2. The number of ether oxygens (including phenoxy) is 1. The smallest absolute Gasteiger partial charge is 0.407 e. The van der Waals surface area contributed by atoms with E-state index in [4.69, 9.17) is 33.0 Å². The summed E-state index contributed by atoms with van der Waals surface area (Å²) in [6, 6.07) is 3.14. The van der Waals surface area contributed by atoms with Gasteiger partial charge in [-0.2, -0.15) is 0 Å². The number of carbonyl (C=O) groups is 2. The summed E-state index contributed by atoms with van der Waals surface area (Å²) in [7, 11) is 1.30. The van der Waals surface area contributed by atoms with Gasteiger partial charge in [-0.05, 0) is 37.8 Å². The molecule has 1 aromatic rings. The van der Waals surface area contributed by atoms with Gasteiger partial charge in [-0.15, -0.1) is 0 Å². The molecular weight excluding hydrogens is 355 g/mol. The van der Waals surface area contributed by atoms with Gasteiger partial charge < -0.3 is 20.1 Å². The molecule has 0 saturated carbocycles. The second-order valence-electron chi connectivity index (χ2n) is 5.85. The number of esters is 1. The molecule has 132 valence electrons. The first-order valence-corrected chi connectivity index (χ1v) is 8.40. The molecular formula is C16H20Cl2N2O4. The first kappa shape index (κ1) is 18.7. The lowest BCUT2D eigenvalue weighted by Gasteiger charge is -2.34. The fourth-order valence-electron chi connectivity index (χ4n) is 2.88. The Morgan fingerprint density at radius 2 is 1.96 bits per heavy atom. The second-order valence-corrected chi connectivity index (χ2v) is 6.64. The van der Waals surface area contributed by atoms with Gasteiger partial charge in [-0.3, -0.25) is 0 Å². The van der Waals surface area contributed by atoms with Crippen LogP contribution in [0.5, 0.6) is 0 Å². The van der Waals surface area contributed by atoms with Crippen LogP contribution in [0.3, 0.4) is 0 Å². The molecule has 0 spiro atoms. The molecule has 1 aromatic carbocycles. The molecule has 1 aliphatic rings. The summed E-state index contributed by atoms with van der Waals surface area (Å²) in [5.74, 6) is -0.184. The lowest BCUT2D eigenvalue weighted by atomic mass is 9.90. The number of carbonyl (C=O) groups excluding carboxylic acids is 1. The monoisotopic (exact) mass is 374 g/mol. The Kier molecular flexibility index (Phi) is 6.18. The van der Waals surface area contributed by atoms with E-state index in [-0.39, 0.29) is 11.1 Å². The molecule has 0 radical (unpaired) electrons. The number of piperidine rings is 1. The quantitative estimate of drug-likeness (QED) is 0.779. The average molecular weight is 375 g/mol. The summed E-state index contributed by atoms with van der Waals surface area (Å²) in [5, 5.41) is 12.9. The highest BCUT2D eigenvalue weighted by molar-refractivity contribution is 6.44. The highest BCUT2D eigenvalue weighted by atomic mass is 35.5. The number of anilines is 1. The van der Waals surface area contributed by atoms with Crippen molar-refractivity contribution in [1.82, 2.24) is 4.90 Å². The van der Waals surface area contributed by atoms with Gasteiger partial charge in [0.05, 0.1) is 28.4 Å². The van der Waals surface area contributed by atoms with Crippen molar-refractivity contribution >= 4 is 41.0 Å². The largest absolute Gasteiger partial charge is 0.465 e. The third-order valence-electron chi connectivity index (χ3n) is 4.35. The SMILES string of the molecule is COC(=O)c1cc(Cl)c(Cl)c(N[C@@H](C)C2CCN(C(=O)O)CC2)c1. The molecule has 1 saturated heterocycles. The number of amides is 1. The Bertz CT molecular complexity index is 631. The number of rotatable bonds is 4. The first-order chi connectivity index (χ1) is 11.3. The first-order valence-electron chi connectivity index (χ1n) is 7.65. The zero-order valence-corrected chi connectivity index (χ0v) is 15.0. The zero-order chi connectivity index (χ0) is 17.9. The number of benzene rings is 1. The minimum atomic E-state index is -0.880. The molecule has 2 rings (SSSR count). The van der Waals surface area contributed by atoms with Crippen LogP contribution >= 0.6 is 23.2 Å². The summed E-state index contributed by atoms with van der Waals surface area (Å²) >= 11 is 12.3. The van der Waals surface area contributed by atoms with Crippen molar-refractivity contribution in [3.8, 4) is 0 Å². The third-order valence-corrected chi connectivity index (χ3v) is 5.15. The van der Waals surface area contributed by atoms with E-state index >= 15 is 0 Å². The third kappa shape index (κ3) is 4.24. The Morgan fingerprint density at radius 3 is 2.50 bits per heavy atom. The number of likely N-dealkylation sites (tertiary alicyclic amines) is 1.